The van der Waals surface area contributed by atoms with E-state index in [4.69, 9.17) is 14.9 Å². The van der Waals surface area contributed by atoms with Crippen LogP contribution in [0.3, 0.4) is 0 Å². The maximum absolute atomic E-state index is 11.1. The van der Waals surface area contributed by atoms with E-state index in [0.717, 1.165) is 0 Å². The van der Waals surface area contributed by atoms with E-state index in [2.05, 4.69) is 4.98 Å². The zero-order chi connectivity index (χ0) is 14.0. The lowest BCUT2D eigenvalue weighted by Gasteiger charge is -1.97. The van der Waals surface area contributed by atoms with E-state index >= 15 is 0 Å². The van der Waals surface area contributed by atoms with Crippen molar-refractivity contribution in [3.05, 3.63) is 17.8 Å². The Kier molecular flexibility index (Phi) is 12.2. The van der Waals surface area contributed by atoms with Crippen molar-refractivity contribution in [2.24, 2.45) is 5.73 Å². The molecule has 0 saturated carbocycles. The van der Waals surface area contributed by atoms with E-state index in [-0.39, 0.29) is 24.7 Å². The number of hydrogen-bond donors (Lipinski definition) is 1. The molecule has 0 atom stereocenters. The Morgan fingerprint density at radius 2 is 2.00 bits per heavy atom. The summed E-state index contributed by atoms with van der Waals surface area (Å²) in [5.41, 5.74) is 5.22. The van der Waals surface area contributed by atoms with Crippen LogP contribution < -0.4 is 5.73 Å². The maximum atomic E-state index is 11.1. The summed E-state index contributed by atoms with van der Waals surface area (Å²) in [5, 5.41) is 0. The van der Waals surface area contributed by atoms with E-state index in [9.17, 15) is 9.59 Å². The van der Waals surface area contributed by atoms with Gasteiger partial charge in [-0.2, -0.15) is 0 Å². The van der Waals surface area contributed by atoms with Gasteiger partial charge < -0.3 is 14.9 Å². The van der Waals surface area contributed by atoms with Gasteiger partial charge in [0.05, 0.1) is 13.2 Å². The molecule has 0 aliphatic carbocycles. The number of nitrogens with two attached hydrogens (primary N) is 1. The molecular formula is C12H21ClN2O4. The van der Waals surface area contributed by atoms with Crippen LogP contribution in [0.4, 0.5) is 0 Å². The zero-order valence-corrected chi connectivity index (χ0v) is 12.3. The lowest BCUT2D eigenvalue weighted by Crippen LogP contribution is -2.11. The Labute approximate surface area is 119 Å². The number of ether oxygens (including phenoxy) is 1. The van der Waals surface area contributed by atoms with Gasteiger partial charge in [0.25, 0.3) is 0 Å². The fraction of sp³-hybridized carbons (Fsp3) is 0.583. The number of ketones is 1. The lowest BCUT2D eigenvalue weighted by atomic mass is 10.3. The molecule has 0 aliphatic heterocycles. The summed E-state index contributed by atoms with van der Waals surface area (Å²) in [4.78, 5) is 25.0. The molecule has 0 amide bonds. The average Bonchev–Trinajstić information content (AvgIpc) is 2.87. The quantitative estimate of drug-likeness (QED) is 0.831. The molecule has 0 fully saturated rings. The van der Waals surface area contributed by atoms with Crippen LogP contribution in [0.1, 0.15) is 43.4 Å². The zero-order valence-electron chi connectivity index (χ0n) is 11.5. The molecule has 1 heterocycles. The first-order chi connectivity index (χ1) is 8.60. The number of rotatable bonds is 5. The summed E-state index contributed by atoms with van der Waals surface area (Å²) in [6, 6.07) is 0. The van der Waals surface area contributed by atoms with Gasteiger partial charge in [0.2, 0.25) is 0 Å². The SMILES string of the molecule is CCC(=O)CN.CCOC(=O)c1ncoc1CC.Cl. The minimum absolute atomic E-state index is 0. The fourth-order valence-electron chi connectivity index (χ4n) is 1.03. The summed E-state index contributed by atoms with van der Waals surface area (Å²) in [6.45, 7) is 5.99. The van der Waals surface area contributed by atoms with Crippen LogP contribution in [0.5, 0.6) is 0 Å². The molecule has 0 aromatic carbocycles. The van der Waals surface area contributed by atoms with Crippen LogP contribution in [0, 0.1) is 0 Å². The van der Waals surface area contributed by atoms with Crippen LogP contribution in [-0.4, -0.2) is 29.9 Å². The van der Waals surface area contributed by atoms with Gasteiger partial charge in [-0.1, -0.05) is 13.8 Å². The second-order valence-electron chi connectivity index (χ2n) is 3.29. The minimum Gasteiger partial charge on any atom is -0.461 e. The van der Waals surface area contributed by atoms with Crippen molar-refractivity contribution in [3.63, 3.8) is 0 Å². The molecule has 1 aromatic rings. The average molecular weight is 293 g/mol. The van der Waals surface area contributed by atoms with Gasteiger partial charge in [-0.25, -0.2) is 9.78 Å². The van der Waals surface area contributed by atoms with E-state index in [1.54, 1.807) is 13.8 Å². The number of Topliss-reactive ketones (excluding diaryl/α,β-unsaturated/α-hetero) is 1. The predicted molar refractivity (Wildman–Crippen MR) is 73.4 cm³/mol. The number of carbonyl (C=O) groups is 2. The monoisotopic (exact) mass is 292 g/mol. The molecule has 0 spiro atoms. The molecule has 0 aliphatic rings. The molecule has 6 nitrogen and oxygen atoms in total. The molecule has 19 heavy (non-hydrogen) atoms. The molecule has 0 bridgehead atoms. The predicted octanol–water partition coefficient (Wildman–Crippen LogP) is 1.76. The highest BCUT2D eigenvalue weighted by molar-refractivity contribution is 5.88. The number of aryl methyl sites for hydroxylation is 1. The molecule has 1 aromatic heterocycles. The van der Waals surface area contributed by atoms with Gasteiger partial charge in [-0.05, 0) is 6.92 Å². The first kappa shape index (κ1) is 19.9. The van der Waals surface area contributed by atoms with Crippen molar-refractivity contribution >= 4 is 24.2 Å². The highest BCUT2D eigenvalue weighted by atomic mass is 35.5. The molecular weight excluding hydrogens is 272 g/mol. The summed E-state index contributed by atoms with van der Waals surface area (Å²) in [5.74, 6) is 0.284. The van der Waals surface area contributed by atoms with Gasteiger partial charge in [0.15, 0.2) is 12.1 Å². The van der Waals surface area contributed by atoms with E-state index in [0.29, 0.717) is 30.9 Å². The molecule has 1 rings (SSSR count). The van der Waals surface area contributed by atoms with Crippen molar-refractivity contribution in [1.82, 2.24) is 4.98 Å². The van der Waals surface area contributed by atoms with E-state index in [1.807, 2.05) is 6.92 Å². The van der Waals surface area contributed by atoms with Crippen LogP contribution in [-0.2, 0) is 16.0 Å². The number of hydrogen-bond acceptors (Lipinski definition) is 6. The van der Waals surface area contributed by atoms with Gasteiger partial charge in [0.1, 0.15) is 11.5 Å². The Hall–Kier alpha value is -1.40. The number of esters is 1. The molecule has 0 radical (unpaired) electrons. The highest BCUT2D eigenvalue weighted by Crippen LogP contribution is 2.08. The normalized spacial score (nSPS) is 8.84. The van der Waals surface area contributed by atoms with Crippen molar-refractivity contribution < 1.29 is 18.7 Å². The summed E-state index contributed by atoms with van der Waals surface area (Å²) in [7, 11) is 0. The Bertz CT molecular complexity index is 374. The van der Waals surface area contributed by atoms with Gasteiger partial charge in [-0.15, -0.1) is 12.4 Å². The Morgan fingerprint density at radius 3 is 2.37 bits per heavy atom. The topological polar surface area (TPSA) is 95.4 Å². The van der Waals surface area contributed by atoms with Crippen LogP contribution in [0.2, 0.25) is 0 Å². The smallest absolute Gasteiger partial charge is 0.360 e. The maximum Gasteiger partial charge on any atom is 0.360 e. The molecule has 110 valence electrons. The number of halogens is 1. The number of aromatic nitrogens is 1. The van der Waals surface area contributed by atoms with Crippen molar-refractivity contribution in [1.29, 1.82) is 0 Å². The number of nitrogens with zero attached hydrogens (tertiary/aromatic N) is 1. The van der Waals surface area contributed by atoms with Crippen molar-refractivity contribution in [2.45, 2.75) is 33.6 Å². The van der Waals surface area contributed by atoms with Crippen molar-refractivity contribution in [3.8, 4) is 0 Å². The molecule has 0 unspecified atom stereocenters. The first-order valence-corrected chi connectivity index (χ1v) is 5.91. The standard InChI is InChI=1S/C8H11NO3.C4H9NO.ClH/c1-3-6-7(9-5-12-6)8(10)11-4-2;1-2-4(6)3-5;/h5H,3-4H2,1-2H3;2-3,5H2,1H3;1H. The molecule has 7 heteroatoms. The van der Waals surface area contributed by atoms with Crippen LogP contribution in [0.25, 0.3) is 0 Å². The largest absolute Gasteiger partial charge is 0.461 e. The summed E-state index contributed by atoms with van der Waals surface area (Å²) in [6.07, 6.45) is 2.47. The lowest BCUT2D eigenvalue weighted by molar-refractivity contribution is -0.117. The van der Waals surface area contributed by atoms with Gasteiger partial charge in [0, 0.05) is 12.8 Å². The first-order valence-electron chi connectivity index (χ1n) is 5.91. The highest BCUT2D eigenvalue weighted by Gasteiger charge is 2.15. The summed E-state index contributed by atoms with van der Waals surface area (Å²) >= 11 is 0. The molecule has 0 saturated heterocycles. The van der Waals surface area contributed by atoms with E-state index < -0.39 is 5.97 Å². The Morgan fingerprint density at radius 1 is 1.37 bits per heavy atom. The number of oxazole rings is 1. The summed E-state index contributed by atoms with van der Waals surface area (Å²) < 4.78 is 9.74. The second kappa shape index (κ2) is 11.7. The van der Waals surface area contributed by atoms with Crippen LogP contribution in [0.15, 0.2) is 10.8 Å². The third-order valence-electron chi connectivity index (χ3n) is 2.05. The molecule has 2 N–H and O–H groups in total. The van der Waals surface area contributed by atoms with Crippen molar-refractivity contribution in [2.75, 3.05) is 13.2 Å². The third-order valence-corrected chi connectivity index (χ3v) is 2.05. The van der Waals surface area contributed by atoms with Gasteiger partial charge >= 0.3 is 5.97 Å². The van der Waals surface area contributed by atoms with E-state index in [1.165, 1.54) is 6.39 Å². The second-order valence-corrected chi connectivity index (χ2v) is 3.29. The fourth-order valence-corrected chi connectivity index (χ4v) is 1.03. The third kappa shape index (κ3) is 7.58. The number of carbonyl (C=O) groups excluding carboxylic acids is 2. The Balaban J connectivity index is 0. The van der Waals surface area contributed by atoms with Gasteiger partial charge in [-0.3, -0.25) is 4.79 Å². The van der Waals surface area contributed by atoms with Crippen LogP contribution >= 0.6 is 12.4 Å². The minimum atomic E-state index is -0.414.